The maximum Gasteiger partial charge on any atom is 0.337 e. The molecule has 0 spiro atoms. The topological polar surface area (TPSA) is 66.6 Å². The Morgan fingerprint density at radius 2 is 2.16 bits per heavy atom. The van der Waals surface area contributed by atoms with Gasteiger partial charge in [-0.25, -0.2) is 4.79 Å². The predicted molar refractivity (Wildman–Crippen MR) is 77.6 cm³/mol. The molecule has 2 rings (SSSR count). The molecule has 0 aliphatic heterocycles. The standard InChI is InChI=1S/C15H22N2O2/c1-10-5-3-6-11(9-10)17(2)14-12(15(18)19)7-4-8-13(14)16/h4,7-8,10-11H,3,5-6,9,16H2,1-2H3,(H,18,19). The molecule has 0 amide bonds. The van der Waals surface area contributed by atoms with E-state index in [2.05, 4.69) is 11.8 Å². The quantitative estimate of drug-likeness (QED) is 0.822. The first-order chi connectivity index (χ1) is 9.00. The number of benzene rings is 1. The van der Waals surface area contributed by atoms with Gasteiger partial charge in [-0.3, -0.25) is 0 Å². The minimum Gasteiger partial charge on any atom is -0.478 e. The first-order valence-corrected chi connectivity index (χ1v) is 6.85. The first kappa shape index (κ1) is 13.7. The summed E-state index contributed by atoms with van der Waals surface area (Å²) in [5, 5.41) is 9.31. The molecular weight excluding hydrogens is 240 g/mol. The van der Waals surface area contributed by atoms with Crippen molar-refractivity contribution in [2.24, 2.45) is 5.92 Å². The van der Waals surface area contributed by atoms with E-state index < -0.39 is 5.97 Å². The summed E-state index contributed by atoms with van der Waals surface area (Å²) in [6.07, 6.45) is 4.67. The number of rotatable bonds is 3. The molecule has 0 heterocycles. The number of hydrogen-bond donors (Lipinski definition) is 2. The average molecular weight is 262 g/mol. The van der Waals surface area contributed by atoms with Gasteiger partial charge in [0, 0.05) is 13.1 Å². The Kier molecular flexibility index (Phi) is 3.98. The van der Waals surface area contributed by atoms with Gasteiger partial charge in [-0.15, -0.1) is 0 Å². The molecule has 1 saturated carbocycles. The van der Waals surface area contributed by atoms with Crippen LogP contribution in [0.3, 0.4) is 0 Å². The normalized spacial score (nSPS) is 23.1. The highest BCUT2D eigenvalue weighted by Gasteiger charge is 2.26. The summed E-state index contributed by atoms with van der Waals surface area (Å²) in [5.74, 6) is -0.225. The van der Waals surface area contributed by atoms with Crippen LogP contribution in [0.4, 0.5) is 11.4 Å². The van der Waals surface area contributed by atoms with Gasteiger partial charge in [-0.05, 0) is 30.9 Å². The van der Waals surface area contributed by atoms with Crippen LogP contribution < -0.4 is 10.6 Å². The zero-order chi connectivity index (χ0) is 14.0. The number of nitrogens with zero attached hydrogens (tertiary/aromatic N) is 1. The third-order valence-corrected chi connectivity index (χ3v) is 4.11. The first-order valence-electron chi connectivity index (χ1n) is 6.85. The number of nitrogen functional groups attached to an aromatic ring is 1. The fraction of sp³-hybridized carbons (Fsp3) is 0.533. The zero-order valence-electron chi connectivity index (χ0n) is 11.6. The molecule has 2 atom stereocenters. The van der Waals surface area contributed by atoms with Gasteiger partial charge in [-0.2, -0.15) is 0 Å². The molecule has 1 aromatic rings. The number of carbonyl (C=O) groups is 1. The highest BCUT2D eigenvalue weighted by atomic mass is 16.4. The average Bonchev–Trinajstić information content (AvgIpc) is 2.37. The lowest BCUT2D eigenvalue weighted by Gasteiger charge is -2.36. The molecule has 1 aliphatic carbocycles. The molecule has 1 aromatic carbocycles. The Hall–Kier alpha value is -1.71. The van der Waals surface area contributed by atoms with Crippen LogP contribution in [0.15, 0.2) is 18.2 Å². The SMILES string of the molecule is CC1CCCC(N(C)c2c(N)cccc2C(=O)O)C1. The zero-order valence-corrected chi connectivity index (χ0v) is 11.6. The molecule has 0 bridgehead atoms. The van der Waals surface area contributed by atoms with Crippen LogP contribution in [-0.4, -0.2) is 24.2 Å². The van der Waals surface area contributed by atoms with Crippen molar-refractivity contribution in [3.05, 3.63) is 23.8 Å². The Morgan fingerprint density at radius 3 is 2.79 bits per heavy atom. The number of para-hydroxylation sites is 1. The molecule has 19 heavy (non-hydrogen) atoms. The minimum atomic E-state index is -0.919. The van der Waals surface area contributed by atoms with Crippen molar-refractivity contribution < 1.29 is 9.90 Å². The third-order valence-electron chi connectivity index (χ3n) is 4.11. The second-order valence-electron chi connectivity index (χ2n) is 5.59. The van der Waals surface area contributed by atoms with Crippen LogP contribution in [0.25, 0.3) is 0 Å². The van der Waals surface area contributed by atoms with Crippen LogP contribution in [0, 0.1) is 5.92 Å². The lowest BCUT2D eigenvalue weighted by molar-refractivity contribution is 0.0697. The lowest BCUT2D eigenvalue weighted by atomic mass is 9.86. The molecule has 0 aromatic heterocycles. The second kappa shape index (κ2) is 5.51. The van der Waals surface area contributed by atoms with Crippen molar-refractivity contribution >= 4 is 17.3 Å². The van der Waals surface area contributed by atoms with E-state index in [1.165, 1.54) is 12.8 Å². The van der Waals surface area contributed by atoms with Crippen molar-refractivity contribution in [2.45, 2.75) is 38.6 Å². The monoisotopic (exact) mass is 262 g/mol. The Bertz CT molecular complexity index is 473. The van der Waals surface area contributed by atoms with E-state index in [4.69, 9.17) is 5.73 Å². The van der Waals surface area contributed by atoms with Crippen LogP contribution in [0.1, 0.15) is 43.0 Å². The van der Waals surface area contributed by atoms with E-state index in [9.17, 15) is 9.90 Å². The number of nitrogens with two attached hydrogens (primary N) is 1. The van der Waals surface area contributed by atoms with E-state index >= 15 is 0 Å². The summed E-state index contributed by atoms with van der Waals surface area (Å²) in [5.41, 5.74) is 7.49. The minimum absolute atomic E-state index is 0.292. The number of hydrogen-bond acceptors (Lipinski definition) is 3. The lowest BCUT2D eigenvalue weighted by Crippen LogP contribution is -2.36. The van der Waals surface area contributed by atoms with Gasteiger partial charge in [0.2, 0.25) is 0 Å². The van der Waals surface area contributed by atoms with Gasteiger partial charge >= 0.3 is 5.97 Å². The molecule has 3 N–H and O–H groups in total. The highest BCUT2D eigenvalue weighted by Crippen LogP contribution is 2.34. The van der Waals surface area contributed by atoms with Crippen LogP contribution in [0.5, 0.6) is 0 Å². The second-order valence-corrected chi connectivity index (χ2v) is 5.59. The molecule has 0 radical (unpaired) electrons. The Morgan fingerprint density at radius 1 is 1.42 bits per heavy atom. The summed E-state index contributed by atoms with van der Waals surface area (Å²) in [6, 6.07) is 5.47. The number of aromatic carboxylic acids is 1. The van der Waals surface area contributed by atoms with Crippen LogP contribution in [0.2, 0.25) is 0 Å². The molecule has 4 nitrogen and oxygen atoms in total. The van der Waals surface area contributed by atoms with E-state index in [1.807, 2.05) is 7.05 Å². The summed E-state index contributed by atoms with van der Waals surface area (Å²) < 4.78 is 0. The maximum absolute atomic E-state index is 11.3. The number of anilines is 2. The number of carboxylic acids is 1. The van der Waals surface area contributed by atoms with Crippen LogP contribution >= 0.6 is 0 Å². The Balaban J connectivity index is 2.32. The van der Waals surface area contributed by atoms with Crippen LogP contribution in [-0.2, 0) is 0 Å². The van der Waals surface area contributed by atoms with E-state index in [0.717, 1.165) is 12.8 Å². The van der Waals surface area contributed by atoms with E-state index in [1.54, 1.807) is 18.2 Å². The number of carboxylic acid groups (broad SMARTS) is 1. The van der Waals surface area contributed by atoms with E-state index in [0.29, 0.717) is 28.9 Å². The Labute approximate surface area is 114 Å². The molecule has 4 heteroatoms. The van der Waals surface area contributed by atoms with Gasteiger partial charge in [-0.1, -0.05) is 25.8 Å². The van der Waals surface area contributed by atoms with Crippen molar-refractivity contribution in [3.63, 3.8) is 0 Å². The van der Waals surface area contributed by atoms with Gasteiger partial charge in [0.15, 0.2) is 0 Å². The van der Waals surface area contributed by atoms with Gasteiger partial charge in [0.25, 0.3) is 0 Å². The maximum atomic E-state index is 11.3. The van der Waals surface area contributed by atoms with Crippen molar-refractivity contribution in [1.29, 1.82) is 0 Å². The molecule has 1 fully saturated rings. The summed E-state index contributed by atoms with van der Waals surface area (Å²) >= 11 is 0. The fourth-order valence-corrected chi connectivity index (χ4v) is 3.06. The fourth-order valence-electron chi connectivity index (χ4n) is 3.06. The predicted octanol–water partition coefficient (Wildman–Crippen LogP) is 2.98. The summed E-state index contributed by atoms with van der Waals surface area (Å²) in [7, 11) is 1.96. The molecule has 0 saturated heterocycles. The van der Waals surface area contributed by atoms with Crippen molar-refractivity contribution in [3.8, 4) is 0 Å². The third kappa shape index (κ3) is 2.83. The van der Waals surface area contributed by atoms with Crippen molar-refractivity contribution in [2.75, 3.05) is 17.7 Å². The summed E-state index contributed by atoms with van der Waals surface area (Å²) in [4.78, 5) is 13.4. The van der Waals surface area contributed by atoms with E-state index in [-0.39, 0.29) is 0 Å². The largest absolute Gasteiger partial charge is 0.478 e. The van der Waals surface area contributed by atoms with Crippen molar-refractivity contribution in [1.82, 2.24) is 0 Å². The van der Waals surface area contributed by atoms with Gasteiger partial charge in [0.1, 0.15) is 0 Å². The molecule has 1 aliphatic rings. The highest BCUT2D eigenvalue weighted by molar-refractivity contribution is 5.98. The van der Waals surface area contributed by atoms with Gasteiger partial charge in [0.05, 0.1) is 16.9 Å². The molecular formula is C15H22N2O2. The molecule has 104 valence electrons. The molecule has 2 unspecified atom stereocenters. The van der Waals surface area contributed by atoms with Gasteiger partial charge < -0.3 is 15.7 Å². The smallest absolute Gasteiger partial charge is 0.337 e. The summed E-state index contributed by atoms with van der Waals surface area (Å²) in [6.45, 7) is 2.26.